The van der Waals surface area contributed by atoms with Gasteiger partial charge in [0, 0.05) is 6.54 Å². The molecule has 0 fully saturated rings. The first-order chi connectivity index (χ1) is 7.66. The number of nitrogens with one attached hydrogen (secondary N) is 1. The van der Waals surface area contributed by atoms with Crippen LogP contribution < -0.4 is 5.32 Å². The number of aryl methyl sites for hydroxylation is 2. The van der Waals surface area contributed by atoms with Crippen molar-refractivity contribution >= 4 is 11.6 Å². The Kier molecular flexibility index (Phi) is 5.85. The van der Waals surface area contributed by atoms with Crippen molar-refractivity contribution in [2.45, 2.75) is 46.1 Å². The Hall–Kier alpha value is -0.540. The average Bonchev–Trinajstić information content (AvgIpc) is 2.51. The summed E-state index contributed by atoms with van der Waals surface area (Å²) in [5.41, 5.74) is 2.03. The fourth-order valence-corrected chi connectivity index (χ4v) is 1.95. The maximum absolute atomic E-state index is 6.09. The summed E-state index contributed by atoms with van der Waals surface area (Å²) in [5, 5.41) is 8.39. The van der Waals surface area contributed by atoms with Crippen LogP contribution in [-0.4, -0.2) is 23.4 Å². The highest BCUT2D eigenvalue weighted by atomic mass is 35.5. The van der Waals surface area contributed by atoms with Crippen LogP contribution in [0.2, 0.25) is 5.02 Å². The second kappa shape index (κ2) is 6.92. The van der Waals surface area contributed by atoms with E-state index < -0.39 is 0 Å². The zero-order valence-electron chi connectivity index (χ0n) is 10.5. The largest absolute Gasteiger partial charge is 0.320 e. The lowest BCUT2D eigenvalue weighted by Gasteiger charge is -2.04. The third-order valence-electron chi connectivity index (χ3n) is 2.84. The Morgan fingerprint density at radius 1 is 1.19 bits per heavy atom. The van der Waals surface area contributed by atoms with Gasteiger partial charge in [-0.2, -0.15) is 5.10 Å². The molecular formula is C12H22ClN3. The lowest BCUT2D eigenvalue weighted by Crippen LogP contribution is -2.07. The third-order valence-corrected chi connectivity index (χ3v) is 3.39. The van der Waals surface area contributed by atoms with Crippen LogP contribution in [0.5, 0.6) is 0 Å². The predicted octanol–water partition coefficient (Wildman–Crippen LogP) is 2.93. The van der Waals surface area contributed by atoms with E-state index in [0.29, 0.717) is 0 Å². The summed E-state index contributed by atoms with van der Waals surface area (Å²) in [5.74, 6) is 0. The molecule has 1 rings (SSSR count). The minimum atomic E-state index is 0.815. The summed E-state index contributed by atoms with van der Waals surface area (Å²) in [6, 6.07) is 0. The molecule has 0 radical (unpaired) electrons. The topological polar surface area (TPSA) is 29.9 Å². The Morgan fingerprint density at radius 2 is 1.88 bits per heavy atom. The Balaban J connectivity index is 2.24. The number of halogens is 1. The molecule has 0 aliphatic rings. The number of hydrogen-bond acceptors (Lipinski definition) is 2. The molecule has 4 heteroatoms. The van der Waals surface area contributed by atoms with Crippen LogP contribution in [0.3, 0.4) is 0 Å². The lowest BCUT2D eigenvalue weighted by atomic mass is 10.2. The van der Waals surface area contributed by atoms with Crippen LogP contribution in [-0.2, 0) is 6.54 Å². The molecule has 0 aromatic carbocycles. The normalized spacial score (nSPS) is 11.0. The van der Waals surface area contributed by atoms with Crippen molar-refractivity contribution in [1.82, 2.24) is 15.1 Å². The van der Waals surface area contributed by atoms with Crippen molar-refractivity contribution in [3.8, 4) is 0 Å². The van der Waals surface area contributed by atoms with Crippen LogP contribution in [0.4, 0.5) is 0 Å². The molecule has 0 unspecified atom stereocenters. The van der Waals surface area contributed by atoms with Crippen molar-refractivity contribution in [3.63, 3.8) is 0 Å². The average molecular weight is 244 g/mol. The summed E-state index contributed by atoms with van der Waals surface area (Å²) >= 11 is 6.09. The van der Waals surface area contributed by atoms with Gasteiger partial charge in [0.2, 0.25) is 0 Å². The smallest absolute Gasteiger partial charge is 0.0844 e. The van der Waals surface area contributed by atoms with Gasteiger partial charge in [-0.25, -0.2) is 0 Å². The molecule has 0 spiro atoms. The summed E-state index contributed by atoms with van der Waals surface area (Å²) in [7, 11) is 2.00. The Morgan fingerprint density at radius 3 is 2.44 bits per heavy atom. The first kappa shape index (κ1) is 13.5. The van der Waals surface area contributed by atoms with Crippen molar-refractivity contribution in [2.24, 2.45) is 0 Å². The maximum Gasteiger partial charge on any atom is 0.0844 e. The SMILES string of the molecule is CNCCCCCCn1nc(C)c(Cl)c1C. The second-order valence-electron chi connectivity index (χ2n) is 4.23. The Labute approximate surface area is 103 Å². The lowest BCUT2D eigenvalue weighted by molar-refractivity contribution is 0.521. The molecule has 0 bridgehead atoms. The number of aromatic nitrogens is 2. The molecule has 0 aliphatic heterocycles. The number of rotatable bonds is 7. The zero-order chi connectivity index (χ0) is 12.0. The maximum atomic E-state index is 6.09. The second-order valence-corrected chi connectivity index (χ2v) is 4.60. The minimum absolute atomic E-state index is 0.815. The van der Waals surface area contributed by atoms with E-state index in [0.717, 1.165) is 29.5 Å². The predicted molar refractivity (Wildman–Crippen MR) is 69.1 cm³/mol. The third kappa shape index (κ3) is 3.80. The quantitative estimate of drug-likeness (QED) is 0.747. The van der Waals surface area contributed by atoms with Crippen LogP contribution >= 0.6 is 11.6 Å². The van der Waals surface area contributed by atoms with E-state index in [4.69, 9.17) is 11.6 Å². The van der Waals surface area contributed by atoms with Crippen LogP contribution in [0.15, 0.2) is 0 Å². The van der Waals surface area contributed by atoms with Gasteiger partial charge >= 0.3 is 0 Å². The van der Waals surface area contributed by atoms with Gasteiger partial charge < -0.3 is 5.32 Å². The minimum Gasteiger partial charge on any atom is -0.320 e. The van der Waals surface area contributed by atoms with Crippen LogP contribution in [0.25, 0.3) is 0 Å². The van der Waals surface area contributed by atoms with E-state index in [1.54, 1.807) is 0 Å². The van der Waals surface area contributed by atoms with Gasteiger partial charge in [0.15, 0.2) is 0 Å². The van der Waals surface area contributed by atoms with Crippen molar-refractivity contribution < 1.29 is 0 Å². The van der Waals surface area contributed by atoms with Gasteiger partial charge in [-0.05, 0) is 40.3 Å². The van der Waals surface area contributed by atoms with Gasteiger partial charge in [-0.3, -0.25) is 4.68 Å². The molecule has 3 nitrogen and oxygen atoms in total. The molecule has 0 saturated carbocycles. The van der Waals surface area contributed by atoms with Gasteiger partial charge in [0.05, 0.1) is 16.4 Å². The molecule has 0 saturated heterocycles. The first-order valence-corrected chi connectivity index (χ1v) is 6.38. The molecule has 16 heavy (non-hydrogen) atoms. The molecule has 0 amide bonds. The van der Waals surface area contributed by atoms with Gasteiger partial charge in [0.25, 0.3) is 0 Å². The highest BCUT2D eigenvalue weighted by molar-refractivity contribution is 6.31. The molecule has 1 heterocycles. The summed E-state index contributed by atoms with van der Waals surface area (Å²) in [6.07, 6.45) is 4.99. The van der Waals surface area contributed by atoms with Gasteiger partial charge in [-0.15, -0.1) is 0 Å². The van der Waals surface area contributed by atoms with Crippen molar-refractivity contribution in [3.05, 3.63) is 16.4 Å². The van der Waals surface area contributed by atoms with Crippen LogP contribution in [0.1, 0.15) is 37.1 Å². The van der Waals surface area contributed by atoms with E-state index in [-0.39, 0.29) is 0 Å². The number of hydrogen-bond donors (Lipinski definition) is 1. The van der Waals surface area contributed by atoms with E-state index in [1.165, 1.54) is 25.7 Å². The molecule has 0 aliphatic carbocycles. The van der Waals surface area contributed by atoms with E-state index in [9.17, 15) is 0 Å². The number of unbranched alkanes of at least 4 members (excludes halogenated alkanes) is 3. The fourth-order valence-electron chi connectivity index (χ4n) is 1.81. The molecular weight excluding hydrogens is 222 g/mol. The Bertz CT molecular complexity index is 320. The fraction of sp³-hybridized carbons (Fsp3) is 0.750. The molecule has 0 atom stereocenters. The molecule has 92 valence electrons. The van der Waals surface area contributed by atoms with E-state index >= 15 is 0 Å². The monoisotopic (exact) mass is 243 g/mol. The number of nitrogens with zero attached hydrogens (tertiary/aromatic N) is 2. The zero-order valence-corrected chi connectivity index (χ0v) is 11.3. The summed E-state index contributed by atoms with van der Waals surface area (Å²) in [4.78, 5) is 0. The molecule has 1 aromatic heterocycles. The van der Waals surface area contributed by atoms with Crippen molar-refractivity contribution in [1.29, 1.82) is 0 Å². The molecule has 1 N–H and O–H groups in total. The van der Waals surface area contributed by atoms with Crippen molar-refractivity contribution in [2.75, 3.05) is 13.6 Å². The molecule has 1 aromatic rings. The van der Waals surface area contributed by atoms with Gasteiger partial charge in [0.1, 0.15) is 0 Å². The van der Waals surface area contributed by atoms with E-state index in [2.05, 4.69) is 10.4 Å². The standard InChI is InChI=1S/C12H22ClN3/c1-10-12(13)11(2)16(15-10)9-7-5-4-6-8-14-3/h14H,4-9H2,1-3H3. The van der Waals surface area contributed by atoms with Crippen LogP contribution in [0, 0.1) is 13.8 Å². The first-order valence-electron chi connectivity index (χ1n) is 6.01. The highest BCUT2D eigenvalue weighted by Crippen LogP contribution is 2.19. The highest BCUT2D eigenvalue weighted by Gasteiger charge is 2.07. The van der Waals surface area contributed by atoms with Gasteiger partial charge in [-0.1, -0.05) is 24.4 Å². The summed E-state index contributed by atoms with van der Waals surface area (Å²) in [6.45, 7) is 6.09. The summed E-state index contributed by atoms with van der Waals surface area (Å²) < 4.78 is 2.02. The van der Waals surface area contributed by atoms with E-state index in [1.807, 2.05) is 25.6 Å².